The predicted molar refractivity (Wildman–Crippen MR) is 64.0 cm³/mol. The molecule has 1 N–H and O–H groups in total. The van der Waals surface area contributed by atoms with Crippen LogP contribution in [-0.2, 0) is 17.6 Å². The van der Waals surface area contributed by atoms with Gasteiger partial charge in [-0.2, -0.15) is 0 Å². The summed E-state index contributed by atoms with van der Waals surface area (Å²) in [7, 11) is 0. The second kappa shape index (κ2) is 4.56. The van der Waals surface area contributed by atoms with Gasteiger partial charge in [-0.1, -0.05) is 18.2 Å². The average Bonchev–Trinajstić information content (AvgIpc) is 2.69. The van der Waals surface area contributed by atoms with Gasteiger partial charge in [0, 0.05) is 25.2 Å². The molecule has 0 spiro atoms. The van der Waals surface area contributed by atoms with E-state index in [0.717, 1.165) is 19.5 Å². The third-order valence-corrected chi connectivity index (χ3v) is 3.16. The molecule has 16 heavy (non-hydrogen) atoms. The number of nitrogens with zero attached hydrogens (tertiary/aromatic N) is 1. The van der Waals surface area contributed by atoms with Crippen LogP contribution < -0.4 is 4.90 Å². The topological polar surface area (TPSA) is 40.5 Å². The van der Waals surface area contributed by atoms with Crippen LogP contribution in [0, 0.1) is 0 Å². The zero-order chi connectivity index (χ0) is 11.5. The fraction of sp³-hybridized carbons (Fsp3) is 0.462. The van der Waals surface area contributed by atoms with Crippen LogP contribution in [0.2, 0.25) is 0 Å². The van der Waals surface area contributed by atoms with Crippen LogP contribution in [0.25, 0.3) is 0 Å². The van der Waals surface area contributed by atoms with Crippen LogP contribution in [0.4, 0.5) is 5.69 Å². The van der Waals surface area contributed by atoms with E-state index >= 15 is 0 Å². The first-order chi connectivity index (χ1) is 7.72. The number of carbonyl (C=O) groups is 1. The number of rotatable bonds is 4. The van der Waals surface area contributed by atoms with Crippen molar-refractivity contribution in [3.05, 3.63) is 29.3 Å². The fourth-order valence-corrected chi connectivity index (χ4v) is 2.38. The molecule has 0 saturated heterocycles. The van der Waals surface area contributed by atoms with E-state index in [4.69, 9.17) is 5.11 Å². The van der Waals surface area contributed by atoms with Gasteiger partial charge in [0.1, 0.15) is 0 Å². The molecule has 1 aromatic rings. The molecule has 3 heteroatoms. The van der Waals surface area contributed by atoms with Crippen molar-refractivity contribution in [1.82, 2.24) is 0 Å². The van der Waals surface area contributed by atoms with Gasteiger partial charge in [-0.05, 0) is 30.9 Å². The maximum Gasteiger partial charge on any atom is 0.303 e. The van der Waals surface area contributed by atoms with Gasteiger partial charge >= 0.3 is 5.97 Å². The summed E-state index contributed by atoms with van der Waals surface area (Å²) in [6.45, 7) is 4.20. The van der Waals surface area contributed by atoms with E-state index in [2.05, 4.69) is 24.0 Å². The van der Waals surface area contributed by atoms with E-state index in [9.17, 15) is 4.79 Å². The van der Waals surface area contributed by atoms with Crippen LogP contribution >= 0.6 is 0 Å². The number of para-hydroxylation sites is 1. The molecule has 0 radical (unpaired) electrons. The second-order valence-corrected chi connectivity index (χ2v) is 4.15. The summed E-state index contributed by atoms with van der Waals surface area (Å²) in [4.78, 5) is 13.0. The monoisotopic (exact) mass is 219 g/mol. The maximum atomic E-state index is 10.6. The molecule has 0 aliphatic carbocycles. The van der Waals surface area contributed by atoms with Gasteiger partial charge in [-0.15, -0.1) is 0 Å². The third-order valence-electron chi connectivity index (χ3n) is 3.16. The lowest BCUT2D eigenvalue weighted by Gasteiger charge is -2.20. The third kappa shape index (κ3) is 2.03. The predicted octanol–water partition coefficient (Wildman–Crippen LogP) is 2.09. The highest BCUT2D eigenvalue weighted by Gasteiger charge is 2.20. The van der Waals surface area contributed by atoms with E-state index in [1.165, 1.54) is 16.8 Å². The lowest BCUT2D eigenvalue weighted by Crippen LogP contribution is -2.20. The van der Waals surface area contributed by atoms with E-state index in [1.807, 2.05) is 6.07 Å². The molecule has 2 rings (SSSR count). The fourth-order valence-electron chi connectivity index (χ4n) is 2.38. The van der Waals surface area contributed by atoms with E-state index in [-0.39, 0.29) is 6.42 Å². The average molecular weight is 219 g/mol. The van der Waals surface area contributed by atoms with Gasteiger partial charge in [-0.25, -0.2) is 0 Å². The highest BCUT2D eigenvalue weighted by molar-refractivity contribution is 5.69. The SMILES string of the molecule is CCN1CCc2cccc(CCC(=O)O)c21. The van der Waals surface area contributed by atoms with Crippen molar-refractivity contribution < 1.29 is 9.90 Å². The number of carboxylic acid groups (broad SMARTS) is 1. The Bertz CT molecular complexity index is 401. The summed E-state index contributed by atoms with van der Waals surface area (Å²) in [6, 6.07) is 6.24. The Labute approximate surface area is 95.7 Å². The quantitative estimate of drug-likeness (QED) is 0.843. The number of hydrogen-bond acceptors (Lipinski definition) is 2. The van der Waals surface area contributed by atoms with Crippen molar-refractivity contribution >= 4 is 11.7 Å². The Hall–Kier alpha value is -1.51. The Morgan fingerprint density at radius 1 is 1.50 bits per heavy atom. The van der Waals surface area contributed by atoms with Gasteiger partial charge in [0.25, 0.3) is 0 Å². The maximum absolute atomic E-state index is 10.6. The number of hydrogen-bond donors (Lipinski definition) is 1. The number of aliphatic carboxylic acids is 1. The van der Waals surface area contributed by atoms with Crippen LogP contribution in [0.5, 0.6) is 0 Å². The Morgan fingerprint density at radius 2 is 2.31 bits per heavy atom. The first kappa shape index (κ1) is 11.0. The number of carboxylic acids is 1. The molecule has 1 aromatic carbocycles. The zero-order valence-electron chi connectivity index (χ0n) is 9.57. The van der Waals surface area contributed by atoms with Crippen molar-refractivity contribution in [2.24, 2.45) is 0 Å². The summed E-state index contributed by atoms with van der Waals surface area (Å²) >= 11 is 0. The molecule has 86 valence electrons. The van der Waals surface area contributed by atoms with E-state index < -0.39 is 5.97 Å². The van der Waals surface area contributed by atoms with E-state index in [0.29, 0.717) is 6.42 Å². The molecule has 0 aromatic heterocycles. The van der Waals surface area contributed by atoms with Crippen LogP contribution in [0.3, 0.4) is 0 Å². The van der Waals surface area contributed by atoms with Gasteiger partial charge in [0.05, 0.1) is 0 Å². The van der Waals surface area contributed by atoms with Crippen LogP contribution in [-0.4, -0.2) is 24.2 Å². The first-order valence-electron chi connectivity index (χ1n) is 5.80. The summed E-state index contributed by atoms with van der Waals surface area (Å²) in [5, 5.41) is 8.73. The van der Waals surface area contributed by atoms with Gasteiger partial charge < -0.3 is 10.0 Å². The Kier molecular flexibility index (Phi) is 3.13. The molecule has 0 atom stereocenters. The van der Waals surface area contributed by atoms with Crippen LogP contribution in [0.15, 0.2) is 18.2 Å². The molecular weight excluding hydrogens is 202 g/mol. The summed E-state index contributed by atoms with van der Waals surface area (Å²) < 4.78 is 0. The number of fused-ring (bicyclic) bond motifs is 1. The molecule has 3 nitrogen and oxygen atoms in total. The standard InChI is InChI=1S/C13H17NO2/c1-2-14-9-8-11-5-3-4-10(13(11)14)6-7-12(15)16/h3-5H,2,6-9H2,1H3,(H,15,16). The number of benzene rings is 1. The lowest BCUT2D eigenvalue weighted by molar-refractivity contribution is -0.136. The summed E-state index contributed by atoms with van der Waals surface area (Å²) in [6.07, 6.45) is 1.94. The van der Waals surface area contributed by atoms with Gasteiger partial charge in [-0.3, -0.25) is 4.79 Å². The molecule has 1 aliphatic heterocycles. The highest BCUT2D eigenvalue weighted by Crippen LogP contribution is 2.32. The zero-order valence-corrected chi connectivity index (χ0v) is 9.57. The normalized spacial score (nSPS) is 13.9. The van der Waals surface area contributed by atoms with Gasteiger partial charge in [0.15, 0.2) is 0 Å². The van der Waals surface area contributed by atoms with E-state index in [1.54, 1.807) is 0 Å². The first-order valence-corrected chi connectivity index (χ1v) is 5.80. The van der Waals surface area contributed by atoms with Crippen molar-refractivity contribution in [2.75, 3.05) is 18.0 Å². The van der Waals surface area contributed by atoms with Crippen molar-refractivity contribution in [1.29, 1.82) is 0 Å². The molecule has 0 unspecified atom stereocenters. The lowest BCUT2D eigenvalue weighted by atomic mass is 10.0. The Morgan fingerprint density at radius 3 is 3.00 bits per heavy atom. The minimum absolute atomic E-state index is 0.216. The number of likely N-dealkylation sites (N-methyl/N-ethyl adjacent to an activating group) is 1. The molecule has 1 aliphatic rings. The van der Waals surface area contributed by atoms with Crippen molar-refractivity contribution in [3.8, 4) is 0 Å². The summed E-state index contributed by atoms with van der Waals surface area (Å²) in [5.74, 6) is -0.723. The molecular formula is C13H17NO2. The molecule has 0 bridgehead atoms. The van der Waals surface area contributed by atoms with Crippen molar-refractivity contribution in [3.63, 3.8) is 0 Å². The smallest absolute Gasteiger partial charge is 0.303 e. The summed E-state index contributed by atoms with van der Waals surface area (Å²) in [5.41, 5.74) is 3.83. The van der Waals surface area contributed by atoms with Crippen LogP contribution in [0.1, 0.15) is 24.5 Å². The number of aryl methyl sites for hydroxylation is 1. The number of anilines is 1. The minimum atomic E-state index is -0.723. The Balaban J connectivity index is 2.25. The van der Waals surface area contributed by atoms with Gasteiger partial charge in [0.2, 0.25) is 0 Å². The minimum Gasteiger partial charge on any atom is -0.481 e. The van der Waals surface area contributed by atoms with Crippen molar-refractivity contribution in [2.45, 2.75) is 26.2 Å². The molecule has 0 saturated carbocycles. The molecule has 1 heterocycles. The molecule has 0 amide bonds. The highest BCUT2D eigenvalue weighted by atomic mass is 16.4. The molecule has 0 fully saturated rings. The largest absolute Gasteiger partial charge is 0.481 e. The second-order valence-electron chi connectivity index (χ2n) is 4.15.